The average molecular weight is 215 g/mol. The Kier molecular flexibility index (Phi) is 2.86. The normalized spacial score (nSPS) is 10.4. The molecular weight excluding hydrogens is 202 g/mol. The lowest BCUT2D eigenvalue weighted by Crippen LogP contribution is -2.04. The van der Waals surface area contributed by atoms with Gasteiger partial charge in [-0.3, -0.25) is 4.79 Å². The van der Waals surface area contributed by atoms with Crippen LogP contribution in [0.1, 0.15) is 34.6 Å². The molecule has 0 unspecified atom stereocenters. The maximum Gasteiger partial charge on any atom is 0.214 e. The van der Waals surface area contributed by atoms with Crippen LogP contribution in [0.2, 0.25) is 0 Å². The Morgan fingerprint density at radius 1 is 1.31 bits per heavy atom. The number of nitrogens with zero attached hydrogens (tertiary/aromatic N) is 1. The monoisotopic (exact) mass is 215 g/mol. The molecule has 0 aliphatic rings. The van der Waals surface area contributed by atoms with Crippen molar-refractivity contribution in [1.82, 2.24) is 4.98 Å². The van der Waals surface area contributed by atoms with Crippen LogP contribution in [-0.2, 0) is 6.42 Å². The van der Waals surface area contributed by atoms with Crippen LogP contribution in [0.15, 0.2) is 34.7 Å². The molecule has 0 saturated carbocycles. The van der Waals surface area contributed by atoms with Crippen molar-refractivity contribution in [2.24, 2.45) is 0 Å². The summed E-state index contributed by atoms with van der Waals surface area (Å²) < 4.78 is 5.37. The smallest absolute Gasteiger partial charge is 0.214 e. The third kappa shape index (κ3) is 1.89. The predicted molar refractivity (Wildman–Crippen MR) is 60.5 cm³/mol. The summed E-state index contributed by atoms with van der Waals surface area (Å²) in [4.78, 5) is 16.3. The van der Waals surface area contributed by atoms with E-state index in [1.807, 2.05) is 25.1 Å². The summed E-state index contributed by atoms with van der Waals surface area (Å²) in [6.07, 6.45) is 0.675. The molecule has 0 spiro atoms. The van der Waals surface area contributed by atoms with Gasteiger partial charge in [0.15, 0.2) is 11.6 Å². The van der Waals surface area contributed by atoms with Gasteiger partial charge in [0.05, 0.1) is 0 Å². The fourth-order valence-corrected chi connectivity index (χ4v) is 1.61. The summed E-state index contributed by atoms with van der Waals surface area (Å²) in [7, 11) is 0. The molecule has 0 fully saturated rings. The van der Waals surface area contributed by atoms with E-state index in [1.54, 1.807) is 19.1 Å². The number of hydrogen-bond acceptors (Lipinski definition) is 3. The van der Waals surface area contributed by atoms with Crippen molar-refractivity contribution < 1.29 is 9.21 Å². The third-order valence-electron chi connectivity index (χ3n) is 2.38. The number of carbonyl (C=O) groups excluding carboxylic acids is 1. The Hall–Kier alpha value is -1.90. The second kappa shape index (κ2) is 4.31. The van der Waals surface area contributed by atoms with E-state index >= 15 is 0 Å². The van der Waals surface area contributed by atoms with Gasteiger partial charge in [-0.25, -0.2) is 4.98 Å². The van der Waals surface area contributed by atoms with Crippen molar-refractivity contribution in [3.63, 3.8) is 0 Å². The minimum absolute atomic E-state index is 0.0747. The number of ketones is 1. The average Bonchev–Trinajstić information content (AvgIpc) is 2.70. The summed E-state index contributed by atoms with van der Waals surface area (Å²) >= 11 is 0. The Morgan fingerprint density at radius 2 is 2.00 bits per heavy atom. The first-order chi connectivity index (χ1) is 7.72. The van der Waals surface area contributed by atoms with Gasteiger partial charge in [-0.05, 0) is 0 Å². The summed E-state index contributed by atoms with van der Waals surface area (Å²) in [6.45, 7) is 3.70. The van der Waals surface area contributed by atoms with Crippen molar-refractivity contribution in [3.8, 4) is 0 Å². The molecule has 0 aliphatic heterocycles. The zero-order valence-electron chi connectivity index (χ0n) is 9.36. The number of aryl methyl sites for hydroxylation is 2. The molecule has 0 bridgehead atoms. The van der Waals surface area contributed by atoms with Crippen LogP contribution in [-0.4, -0.2) is 10.8 Å². The maximum atomic E-state index is 12.1. The highest BCUT2D eigenvalue weighted by atomic mass is 16.4. The first-order valence-electron chi connectivity index (χ1n) is 5.28. The van der Waals surface area contributed by atoms with Crippen molar-refractivity contribution in [2.45, 2.75) is 20.3 Å². The van der Waals surface area contributed by atoms with Gasteiger partial charge in [0.25, 0.3) is 0 Å². The van der Waals surface area contributed by atoms with Gasteiger partial charge in [0.2, 0.25) is 5.78 Å². The standard InChI is InChI=1S/C13H13NO2/c1-3-11-12(14-9(2)16-11)13(15)10-7-5-4-6-8-10/h4-8H,3H2,1-2H3. The summed E-state index contributed by atoms with van der Waals surface area (Å²) in [5.41, 5.74) is 1.08. The van der Waals surface area contributed by atoms with Crippen molar-refractivity contribution in [3.05, 3.63) is 53.2 Å². The number of oxazole rings is 1. The molecule has 16 heavy (non-hydrogen) atoms. The van der Waals surface area contributed by atoms with E-state index in [0.717, 1.165) is 0 Å². The molecule has 3 nitrogen and oxygen atoms in total. The van der Waals surface area contributed by atoms with Crippen LogP contribution in [0, 0.1) is 6.92 Å². The third-order valence-corrected chi connectivity index (χ3v) is 2.38. The number of hydrogen-bond donors (Lipinski definition) is 0. The lowest BCUT2D eigenvalue weighted by atomic mass is 10.1. The molecule has 1 aromatic heterocycles. The van der Waals surface area contributed by atoms with Gasteiger partial charge >= 0.3 is 0 Å². The molecule has 0 aliphatic carbocycles. The van der Waals surface area contributed by atoms with Crippen LogP contribution >= 0.6 is 0 Å². The van der Waals surface area contributed by atoms with Crippen LogP contribution in [0.3, 0.4) is 0 Å². The predicted octanol–water partition coefficient (Wildman–Crippen LogP) is 2.78. The van der Waals surface area contributed by atoms with E-state index in [4.69, 9.17) is 4.42 Å². The Labute approximate surface area is 94.1 Å². The molecule has 1 aromatic carbocycles. The molecule has 3 heteroatoms. The maximum absolute atomic E-state index is 12.1. The molecule has 0 atom stereocenters. The van der Waals surface area contributed by atoms with Crippen LogP contribution in [0.4, 0.5) is 0 Å². The molecule has 0 radical (unpaired) electrons. The van der Waals surface area contributed by atoms with Gasteiger partial charge in [0.1, 0.15) is 5.76 Å². The second-order valence-electron chi connectivity index (χ2n) is 3.55. The largest absolute Gasteiger partial charge is 0.445 e. The first-order valence-corrected chi connectivity index (χ1v) is 5.28. The van der Waals surface area contributed by atoms with Crippen molar-refractivity contribution >= 4 is 5.78 Å². The summed E-state index contributed by atoms with van der Waals surface area (Å²) in [6, 6.07) is 9.13. The van der Waals surface area contributed by atoms with E-state index < -0.39 is 0 Å². The van der Waals surface area contributed by atoms with Gasteiger partial charge < -0.3 is 4.42 Å². The molecular formula is C13H13NO2. The van der Waals surface area contributed by atoms with Crippen LogP contribution in [0.5, 0.6) is 0 Å². The van der Waals surface area contributed by atoms with Crippen molar-refractivity contribution in [1.29, 1.82) is 0 Å². The van der Waals surface area contributed by atoms with Gasteiger partial charge in [0, 0.05) is 18.9 Å². The van der Waals surface area contributed by atoms with Gasteiger partial charge in [-0.2, -0.15) is 0 Å². The van der Waals surface area contributed by atoms with Gasteiger partial charge in [-0.1, -0.05) is 37.3 Å². The minimum atomic E-state index is -0.0747. The Balaban J connectivity index is 2.41. The minimum Gasteiger partial charge on any atom is -0.445 e. The topological polar surface area (TPSA) is 43.1 Å². The summed E-state index contributed by atoms with van der Waals surface area (Å²) in [5, 5.41) is 0. The highest BCUT2D eigenvalue weighted by Gasteiger charge is 2.18. The second-order valence-corrected chi connectivity index (χ2v) is 3.55. The Morgan fingerprint density at radius 3 is 2.62 bits per heavy atom. The van der Waals surface area contributed by atoms with E-state index in [0.29, 0.717) is 29.3 Å². The molecule has 2 aromatic rings. The molecule has 0 N–H and O–H groups in total. The highest BCUT2D eigenvalue weighted by Crippen LogP contribution is 2.15. The van der Waals surface area contributed by atoms with E-state index in [-0.39, 0.29) is 5.78 Å². The number of rotatable bonds is 3. The molecule has 0 saturated heterocycles. The van der Waals surface area contributed by atoms with Crippen molar-refractivity contribution in [2.75, 3.05) is 0 Å². The lowest BCUT2D eigenvalue weighted by Gasteiger charge is -1.98. The molecule has 2 rings (SSSR count). The van der Waals surface area contributed by atoms with E-state index in [9.17, 15) is 4.79 Å². The fraction of sp³-hybridized carbons (Fsp3) is 0.231. The molecule has 1 heterocycles. The summed E-state index contributed by atoms with van der Waals surface area (Å²) in [5.74, 6) is 1.12. The Bertz CT molecular complexity index is 500. The quantitative estimate of drug-likeness (QED) is 0.739. The molecule has 0 amide bonds. The number of aromatic nitrogens is 1. The lowest BCUT2D eigenvalue weighted by molar-refractivity contribution is 0.103. The first kappa shape index (κ1) is 10.6. The van der Waals surface area contributed by atoms with Crippen LogP contribution < -0.4 is 0 Å². The SMILES string of the molecule is CCc1oc(C)nc1C(=O)c1ccccc1. The number of benzene rings is 1. The zero-order chi connectivity index (χ0) is 11.5. The van der Waals surface area contributed by atoms with E-state index in [2.05, 4.69) is 4.98 Å². The number of carbonyl (C=O) groups is 1. The van der Waals surface area contributed by atoms with E-state index in [1.165, 1.54) is 0 Å². The molecule has 82 valence electrons. The van der Waals surface area contributed by atoms with Crippen LogP contribution in [0.25, 0.3) is 0 Å². The zero-order valence-corrected chi connectivity index (χ0v) is 9.36. The van der Waals surface area contributed by atoms with Gasteiger partial charge in [-0.15, -0.1) is 0 Å². The fourth-order valence-electron chi connectivity index (χ4n) is 1.61. The highest BCUT2D eigenvalue weighted by molar-refractivity contribution is 6.08.